The number of alkyl halides is 3. The van der Waals surface area contributed by atoms with E-state index in [-0.39, 0.29) is 18.2 Å². The van der Waals surface area contributed by atoms with Crippen molar-refractivity contribution in [3.8, 4) is 5.75 Å². The van der Waals surface area contributed by atoms with Gasteiger partial charge in [-0.1, -0.05) is 41.5 Å². The van der Waals surface area contributed by atoms with Crippen LogP contribution in [0.2, 0.25) is 0 Å². The minimum atomic E-state index is -4.56. The molecule has 4 N–H and O–H groups in total. The summed E-state index contributed by atoms with van der Waals surface area (Å²) in [5.74, 6) is 0.117. The first-order valence-corrected chi connectivity index (χ1v) is 7.93. The predicted octanol–water partition coefficient (Wildman–Crippen LogP) is 4.72. The Labute approximate surface area is 153 Å². The maximum Gasteiger partial charge on any atom is 0.403 e. The van der Waals surface area contributed by atoms with Gasteiger partial charge in [-0.15, -0.1) is 12.4 Å². The van der Waals surface area contributed by atoms with Crippen LogP contribution in [-0.4, -0.2) is 22.4 Å². The average Bonchev–Trinajstić information content (AvgIpc) is 2.34. The van der Waals surface area contributed by atoms with Crippen molar-refractivity contribution >= 4 is 12.4 Å². The lowest BCUT2D eigenvalue weighted by atomic mass is 9.77. The summed E-state index contributed by atoms with van der Waals surface area (Å²) < 4.78 is 38.0. The van der Waals surface area contributed by atoms with E-state index in [9.17, 15) is 23.4 Å². The van der Waals surface area contributed by atoms with E-state index in [0.29, 0.717) is 16.7 Å². The van der Waals surface area contributed by atoms with Gasteiger partial charge in [0, 0.05) is 6.42 Å². The van der Waals surface area contributed by atoms with Gasteiger partial charge >= 0.3 is 6.18 Å². The van der Waals surface area contributed by atoms with Crippen molar-refractivity contribution < 1.29 is 23.4 Å². The lowest BCUT2D eigenvalue weighted by Gasteiger charge is -2.29. The molecule has 0 radical (unpaired) electrons. The van der Waals surface area contributed by atoms with Gasteiger partial charge in [0.1, 0.15) is 11.8 Å². The molecule has 0 saturated carbocycles. The van der Waals surface area contributed by atoms with Crippen LogP contribution in [0, 0.1) is 0 Å². The van der Waals surface area contributed by atoms with Crippen molar-refractivity contribution in [2.45, 2.75) is 77.1 Å². The van der Waals surface area contributed by atoms with Gasteiger partial charge < -0.3 is 15.9 Å². The first-order chi connectivity index (χ1) is 10.5. The fourth-order valence-electron chi connectivity index (χ4n) is 2.50. The molecule has 2 atom stereocenters. The SMILES string of the molecule is CC(C)(C)c1cc([C@H](O)C[C@H](N)C(F)(F)F)cc(C(C)(C)C)c1O.Cl. The summed E-state index contributed by atoms with van der Waals surface area (Å²) in [6.45, 7) is 11.4. The Morgan fingerprint density at radius 1 is 0.960 bits per heavy atom. The van der Waals surface area contributed by atoms with Gasteiger partial charge in [-0.2, -0.15) is 13.2 Å². The highest BCUT2D eigenvalue weighted by Gasteiger charge is 2.38. The maximum atomic E-state index is 12.7. The van der Waals surface area contributed by atoms with Crippen molar-refractivity contribution in [1.82, 2.24) is 0 Å². The Morgan fingerprint density at radius 2 is 1.32 bits per heavy atom. The lowest BCUT2D eigenvalue weighted by Crippen LogP contribution is -2.38. The molecule has 0 aromatic heterocycles. The molecule has 0 spiro atoms. The highest BCUT2D eigenvalue weighted by atomic mass is 35.5. The van der Waals surface area contributed by atoms with Gasteiger partial charge in [-0.3, -0.25) is 0 Å². The molecule has 3 nitrogen and oxygen atoms in total. The average molecular weight is 384 g/mol. The van der Waals surface area contributed by atoms with Crippen molar-refractivity contribution in [2.75, 3.05) is 0 Å². The highest BCUT2D eigenvalue weighted by molar-refractivity contribution is 5.85. The summed E-state index contributed by atoms with van der Waals surface area (Å²) >= 11 is 0. The number of phenolic OH excluding ortho intramolecular Hbond substituents is 1. The second kappa shape index (κ2) is 7.72. The van der Waals surface area contributed by atoms with Gasteiger partial charge in [0.05, 0.1) is 6.10 Å². The first kappa shape index (κ1) is 24.0. The van der Waals surface area contributed by atoms with Crippen LogP contribution >= 0.6 is 12.4 Å². The number of hydrogen-bond donors (Lipinski definition) is 3. The minimum absolute atomic E-state index is 0. The summed E-state index contributed by atoms with van der Waals surface area (Å²) in [5, 5.41) is 20.9. The van der Waals surface area contributed by atoms with Crippen LogP contribution in [0.4, 0.5) is 13.2 Å². The third kappa shape index (κ3) is 6.04. The van der Waals surface area contributed by atoms with Crippen LogP contribution in [0.5, 0.6) is 5.75 Å². The van der Waals surface area contributed by atoms with Crippen molar-refractivity contribution in [3.63, 3.8) is 0 Å². The fraction of sp³-hybridized carbons (Fsp3) is 0.667. The van der Waals surface area contributed by atoms with E-state index in [1.165, 1.54) is 0 Å². The number of aliphatic hydroxyl groups is 1. The van der Waals surface area contributed by atoms with E-state index in [0.717, 1.165) is 0 Å². The molecule has 0 fully saturated rings. The molecule has 1 aromatic rings. The monoisotopic (exact) mass is 383 g/mol. The molecule has 1 aromatic carbocycles. The van der Waals surface area contributed by atoms with Crippen LogP contribution in [0.15, 0.2) is 12.1 Å². The van der Waals surface area contributed by atoms with Crippen molar-refractivity contribution in [1.29, 1.82) is 0 Å². The van der Waals surface area contributed by atoms with Gasteiger partial charge in [-0.25, -0.2) is 0 Å². The highest BCUT2D eigenvalue weighted by Crippen LogP contribution is 2.41. The Kier molecular flexibility index (Phi) is 7.42. The molecule has 0 heterocycles. The Hall–Kier alpha value is -0.980. The summed E-state index contributed by atoms with van der Waals surface area (Å²) in [5.41, 5.74) is 5.79. The van der Waals surface area contributed by atoms with E-state index in [2.05, 4.69) is 0 Å². The molecule has 7 heteroatoms. The number of benzene rings is 1. The molecule has 0 bridgehead atoms. The molecular formula is C18H29ClF3NO2. The zero-order valence-corrected chi connectivity index (χ0v) is 16.3. The molecule has 0 aliphatic rings. The standard InChI is InChI=1S/C18H28F3NO2.ClH/c1-16(2,3)11-7-10(8-12(15(11)24)17(4,5)6)13(23)9-14(22)18(19,20)21;/h7-8,13-14,23-24H,9,22H2,1-6H3;1H/t13-,14+;/m1./s1. The molecular weight excluding hydrogens is 355 g/mol. The van der Waals surface area contributed by atoms with E-state index >= 15 is 0 Å². The van der Waals surface area contributed by atoms with Gasteiger partial charge in [0.2, 0.25) is 0 Å². The van der Waals surface area contributed by atoms with Crippen LogP contribution in [0.1, 0.15) is 70.8 Å². The van der Waals surface area contributed by atoms with Gasteiger partial charge in [0.15, 0.2) is 0 Å². The van der Waals surface area contributed by atoms with E-state index in [1.807, 2.05) is 41.5 Å². The zero-order valence-electron chi connectivity index (χ0n) is 15.5. The molecule has 1 rings (SSSR count). The number of phenols is 1. The van der Waals surface area contributed by atoms with Gasteiger partial charge in [0.25, 0.3) is 0 Å². The number of rotatable bonds is 3. The van der Waals surface area contributed by atoms with E-state index in [4.69, 9.17) is 5.73 Å². The number of hydrogen-bond acceptors (Lipinski definition) is 3. The summed E-state index contributed by atoms with van der Waals surface area (Å²) in [4.78, 5) is 0. The third-order valence-corrected chi connectivity index (χ3v) is 4.03. The largest absolute Gasteiger partial charge is 0.507 e. The Balaban J connectivity index is 0.00000576. The molecule has 0 saturated heterocycles. The van der Waals surface area contributed by atoms with E-state index < -0.39 is 35.6 Å². The molecule has 146 valence electrons. The summed E-state index contributed by atoms with van der Waals surface area (Å²) in [6, 6.07) is 1.04. The smallest absolute Gasteiger partial charge is 0.403 e. The second-order valence-corrected chi connectivity index (χ2v) is 8.36. The minimum Gasteiger partial charge on any atom is -0.507 e. The molecule has 25 heavy (non-hydrogen) atoms. The van der Waals surface area contributed by atoms with Crippen LogP contribution < -0.4 is 5.73 Å². The quantitative estimate of drug-likeness (QED) is 0.707. The normalized spacial score (nSPS) is 15.5. The number of aromatic hydroxyl groups is 1. The van der Waals surface area contributed by atoms with Gasteiger partial charge in [-0.05, 0) is 39.7 Å². The number of aliphatic hydroxyl groups excluding tert-OH is 1. The zero-order chi connectivity index (χ0) is 19.1. The molecule has 0 aliphatic carbocycles. The molecule has 0 aliphatic heterocycles. The Morgan fingerprint density at radius 3 is 1.60 bits per heavy atom. The number of nitrogens with two attached hydrogens (primary N) is 1. The van der Waals surface area contributed by atoms with Crippen LogP contribution in [-0.2, 0) is 10.8 Å². The van der Waals surface area contributed by atoms with Crippen molar-refractivity contribution in [2.24, 2.45) is 5.73 Å². The fourth-order valence-corrected chi connectivity index (χ4v) is 2.50. The first-order valence-electron chi connectivity index (χ1n) is 7.93. The van der Waals surface area contributed by atoms with E-state index in [1.54, 1.807) is 12.1 Å². The summed E-state index contributed by atoms with van der Waals surface area (Å²) in [7, 11) is 0. The maximum absolute atomic E-state index is 12.7. The van der Waals surface area contributed by atoms with Crippen molar-refractivity contribution in [3.05, 3.63) is 28.8 Å². The Bertz CT molecular complexity index is 554. The molecule has 0 amide bonds. The number of halogens is 4. The summed E-state index contributed by atoms with van der Waals surface area (Å²) in [6.07, 6.45) is -6.54. The van der Waals surface area contributed by atoms with Crippen LogP contribution in [0.3, 0.4) is 0 Å². The second-order valence-electron chi connectivity index (χ2n) is 8.36. The topological polar surface area (TPSA) is 66.5 Å². The lowest BCUT2D eigenvalue weighted by molar-refractivity contribution is -0.153. The van der Waals surface area contributed by atoms with Crippen LogP contribution in [0.25, 0.3) is 0 Å². The predicted molar refractivity (Wildman–Crippen MR) is 96.4 cm³/mol. The molecule has 0 unspecified atom stereocenters. The third-order valence-electron chi connectivity index (χ3n) is 4.03.